The maximum Gasteiger partial charge on any atom is 0.306 e. The molecule has 6 heteroatoms. The van der Waals surface area contributed by atoms with Gasteiger partial charge in [-0.15, -0.1) is 0 Å². The van der Waals surface area contributed by atoms with Crippen LogP contribution in [0.5, 0.6) is 0 Å². The molecule has 0 fully saturated rings. The summed E-state index contributed by atoms with van der Waals surface area (Å²) in [5.41, 5.74) is 0. The minimum absolute atomic E-state index is 0.0695. The highest BCUT2D eigenvalue weighted by Crippen LogP contribution is 2.19. The normalized spacial score (nSPS) is 12.1. The fourth-order valence-corrected chi connectivity index (χ4v) is 10.4. The number of unbranched alkanes of at least 4 members (excludes halogenated alkanes) is 48. The second-order valence-electron chi connectivity index (χ2n) is 23.1. The lowest BCUT2D eigenvalue weighted by molar-refractivity contribution is -0.167. The van der Waals surface area contributed by atoms with Crippen molar-refractivity contribution in [2.75, 3.05) is 13.2 Å². The van der Waals surface area contributed by atoms with E-state index in [0.29, 0.717) is 19.3 Å². The van der Waals surface area contributed by atoms with Gasteiger partial charge in [0.1, 0.15) is 13.2 Å². The zero-order chi connectivity index (χ0) is 54.3. The van der Waals surface area contributed by atoms with Crippen molar-refractivity contribution in [1.29, 1.82) is 0 Å². The van der Waals surface area contributed by atoms with Crippen molar-refractivity contribution in [3.8, 4) is 0 Å². The van der Waals surface area contributed by atoms with Gasteiger partial charge in [0.2, 0.25) is 0 Å². The third-order valence-corrected chi connectivity index (χ3v) is 15.5. The van der Waals surface area contributed by atoms with Gasteiger partial charge in [0.05, 0.1) is 0 Å². The summed E-state index contributed by atoms with van der Waals surface area (Å²) in [6.07, 6.45) is 78.1. The van der Waals surface area contributed by atoms with E-state index < -0.39 is 6.10 Å². The number of carbonyl (C=O) groups excluding carboxylic acids is 3. The van der Waals surface area contributed by atoms with E-state index in [1.807, 2.05) is 0 Å². The molecule has 0 bridgehead atoms. The highest BCUT2D eigenvalue weighted by Gasteiger charge is 2.19. The Morgan fingerprint density at radius 3 is 0.747 bits per heavy atom. The van der Waals surface area contributed by atoms with Gasteiger partial charge in [-0.25, -0.2) is 0 Å². The van der Waals surface area contributed by atoms with Crippen molar-refractivity contribution in [2.45, 2.75) is 386 Å². The number of hydrogen-bond donors (Lipinski definition) is 0. The van der Waals surface area contributed by atoms with Crippen LogP contribution in [0.1, 0.15) is 380 Å². The predicted molar refractivity (Wildman–Crippen MR) is 326 cm³/mol. The number of hydrogen-bond acceptors (Lipinski definition) is 6. The van der Waals surface area contributed by atoms with E-state index in [1.54, 1.807) is 0 Å². The van der Waals surface area contributed by atoms with Gasteiger partial charge in [0, 0.05) is 19.3 Å². The Morgan fingerprint density at radius 1 is 0.267 bits per heavy atom. The number of carbonyl (C=O) groups is 3. The number of esters is 3. The molecule has 0 heterocycles. The van der Waals surface area contributed by atoms with Crippen LogP contribution in [0.3, 0.4) is 0 Å². The second-order valence-corrected chi connectivity index (χ2v) is 23.1. The first-order valence-corrected chi connectivity index (χ1v) is 33.8. The molecule has 75 heavy (non-hydrogen) atoms. The maximum absolute atomic E-state index is 12.8. The van der Waals surface area contributed by atoms with Crippen LogP contribution in [0.2, 0.25) is 0 Å². The monoisotopic (exact) mass is 1050 g/mol. The van der Waals surface area contributed by atoms with Crippen LogP contribution in [-0.4, -0.2) is 37.2 Å². The van der Waals surface area contributed by atoms with Crippen LogP contribution in [-0.2, 0) is 28.6 Å². The largest absolute Gasteiger partial charge is 0.462 e. The lowest BCUT2D eigenvalue weighted by Crippen LogP contribution is -2.30. The average Bonchev–Trinajstić information content (AvgIpc) is 3.41. The van der Waals surface area contributed by atoms with Crippen molar-refractivity contribution in [1.82, 2.24) is 0 Å². The van der Waals surface area contributed by atoms with Gasteiger partial charge >= 0.3 is 17.9 Å². The van der Waals surface area contributed by atoms with E-state index in [9.17, 15) is 14.4 Å². The van der Waals surface area contributed by atoms with E-state index in [2.05, 4.69) is 45.1 Å². The molecule has 0 rings (SSSR count). The average molecular weight is 1060 g/mol. The Bertz CT molecular complexity index is 1210. The number of rotatable bonds is 63. The quantitative estimate of drug-likeness (QED) is 0.0261. The molecule has 6 nitrogen and oxygen atoms in total. The van der Waals surface area contributed by atoms with Gasteiger partial charge in [-0.3, -0.25) is 14.4 Å². The summed E-state index contributed by atoms with van der Waals surface area (Å²) in [6.45, 7) is 6.64. The summed E-state index contributed by atoms with van der Waals surface area (Å²) < 4.78 is 16.8. The SMILES string of the molecule is CCCCCC/C=C\C/C=C\CCCCCCCCCC(=O)OC(COC(=O)CCCCCCCCC)COC(=O)CCCCCCCCCCCCCCCCCCCCCCCCCCCCCCCCCC. The van der Waals surface area contributed by atoms with E-state index >= 15 is 0 Å². The summed E-state index contributed by atoms with van der Waals surface area (Å²) in [6, 6.07) is 0. The third-order valence-electron chi connectivity index (χ3n) is 15.5. The molecule has 0 aliphatic heterocycles. The van der Waals surface area contributed by atoms with Crippen LogP contribution in [0.25, 0.3) is 0 Å². The Hall–Kier alpha value is -2.11. The van der Waals surface area contributed by atoms with Gasteiger partial charge in [-0.2, -0.15) is 0 Å². The summed E-state index contributed by atoms with van der Waals surface area (Å²) in [7, 11) is 0. The molecule has 0 aromatic rings. The maximum atomic E-state index is 12.8. The zero-order valence-corrected chi connectivity index (χ0v) is 50.8. The van der Waals surface area contributed by atoms with Gasteiger partial charge in [0.15, 0.2) is 6.10 Å². The topological polar surface area (TPSA) is 78.9 Å². The van der Waals surface area contributed by atoms with Crippen LogP contribution in [0, 0.1) is 0 Å². The zero-order valence-electron chi connectivity index (χ0n) is 50.8. The standard InChI is InChI=1S/C69H130O6/c1-4-7-10-13-16-18-20-22-24-26-28-29-30-31-32-33-34-35-36-37-38-39-40-41-43-44-46-48-50-53-56-59-62-68(71)74-65-66(64-73-67(70)61-58-55-52-15-12-9-6-3)75-69(72)63-60-57-54-51-49-47-45-42-27-25-23-21-19-17-14-11-8-5-2/h19,21,25,27,66H,4-18,20,22-24,26,28-65H2,1-3H3/b21-19-,27-25-. The summed E-state index contributed by atoms with van der Waals surface area (Å²) in [4.78, 5) is 38.1. The van der Waals surface area contributed by atoms with Crippen LogP contribution in [0.15, 0.2) is 24.3 Å². The minimum atomic E-state index is -0.770. The first-order valence-electron chi connectivity index (χ1n) is 33.8. The van der Waals surface area contributed by atoms with Gasteiger partial charge < -0.3 is 14.2 Å². The van der Waals surface area contributed by atoms with E-state index in [4.69, 9.17) is 14.2 Å². The molecular weight excluding hydrogens is 925 g/mol. The molecule has 442 valence electrons. The number of ether oxygens (including phenoxy) is 3. The minimum Gasteiger partial charge on any atom is -0.462 e. The van der Waals surface area contributed by atoms with Crippen molar-refractivity contribution in [3.63, 3.8) is 0 Å². The van der Waals surface area contributed by atoms with Gasteiger partial charge in [-0.05, 0) is 51.4 Å². The molecule has 0 radical (unpaired) electrons. The molecule has 0 N–H and O–H groups in total. The van der Waals surface area contributed by atoms with Crippen LogP contribution >= 0.6 is 0 Å². The van der Waals surface area contributed by atoms with E-state index in [1.165, 1.54) is 270 Å². The second kappa shape index (κ2) is 64.4. The van der Waals surface area contributed by atoms with Crippen molar-refractivity contribution < 1.29 is 28.6 Å². The molecule has 0 saturated carbocycles. The smallest absolute Gasteiger partial charge is 0.306 e. The molecule has 0 aromatic heterocycles. The molecule has 0 aliphatic carbocycles. The Kier molecular flexibility index (Phi) is 62.6. The Labute approximate surface area is 468 Å². The Morgan fingerprint density at radius 2 is 0.480 bits per heavy atom. The highest BCUT2D eigenvalue weighted by atomic mass is 16.6. The predicted octanol–water partition coefficient (Wildman–Crippen LogP) is 23.0. The Balaban J connectivity index is 3.96. The first-order chi connectivity index (χ1) is 37.0. The molecule has 0 aliphatic rings. The van der Waals surface area contributed by atoms with E-state index in [-0.39, 0.29) is 31.1 Å². The lowest BCUT2D eigenvalue weighted by atomic mass is 10.0. The molecular formula is C69H130O6. The fraction of sp³-hybridized carbons (Fsp3) is 0.899. The lowest BCUT2D eigenvalue weighted by Gasteiger charge is -2.18. The molecule has 1 atom stereocenters. The van der Waals surface area contributed by atoms with Gasteiger partial charge in [-0.1, -0.05) is 334 Å². The van der Waals surface area contributed by atoms with Crippen LogP contribution in [0.4, 0.5) is 0 Å². The van der Waals surface area contributed by atoms with Gasteiger partial charge in [0.25, 0.3) is 0 Å². The summed E-state index contributed by atoms with van der Waals surface area (Å²) in [5, 5.41) is 0. The van der Waals surface area contributed by atoms with Crippen molar-refractivity contribution in [3.05, 3.63) is 24.3 Å². The fourth-order valence-electron chi connectivity index (χ4n) is 10.4. The molecule has 0 amide bonds. The third kappa shape index (κ3) is 62.6. The summed E-state index contributed by atoms with van der Waals surface area (Å²) >= 11 is 0. The molecule has 1 unspecified atom stereocenters. The summed E-state index contributed by atoms with van der Waals surface area (Å²) in [5.74, 6) is -0.861. The molecule has 0 spiro atoms. The molecule has 0 saturated heterocycles. The van der Waals surface area contributed by atoms with Crippen LogP contribution < -0.4 is 0 Å². The number of allylic oxidation sites excluding steroid dienone is 4. The van der Waals surface area contributed by atoms with Crippen molar-refractivity contribution in [2.24, 2.45) is 0 Å². The van der Waals surface area contributed by atoms with E-state index in [0.717, 1.165) is 70.6 Å². The van der Waals surface area contributed by atoms with Crippen molar-refractivity contribution >= 4 is 17.9 Å². The first kappa shape index (κ1) is 72.9. The molecule has 0 aromatic carbocycles. The highest BCUT2D eigenvalue weighted by molar-refractivity contribution is 5.71.